The molecule has 10 heteroatoms. The van der Waals surface area contributed by atoms with Gasteiger partial charge in [-0.05, 0) is 29.8 Å². The van der Waals surface area contributed by atoms with Gasteiger partial charge in [0.2, 0.25) is 5.89 Å². The second-order valence-corrected chi connectivity index (χ2v) is 6.78. The second-order valence-electron chi connectivity index (χ2n) is 6.78. The Kier molecular flexibility index (Phi) is 5.58. The van der Waals surface area contributed by atoms with E-state index in [1.165, 1.54) is 18.4 Å². The van der Waals surface area contributed by atoms with Crippen LogP contribution in [0.1, 0.15) is 15.9 Å². The maximum atomic E-state index is 12.3. The lowest BCUT2D eigenvalue weighted by atomic mass is 10.1. The number of aromatic amines is 1. The number of carboxylic acids is 1. The predicted octanol–water partition coefficient (Wildman–Crippen LogP) is 2.28. The highest BCUT2D eigenvalue weighted by Crippen LogP contribution is 2.28. The minimum atomic E-state index is -1.27. The van der Waals surface area contributed by atoms with Crippen molar-refractivity contribution in [3.8, 4) is 23.0 Å². The Morgan fingerprint density at radius 2 is 1.94 bits per heavy atom. The molecule has 0 saturated heterocycles. The number of carboxylic acid groups (broad SMARTS) is 1. The first-order chi connectivity index (χ1) is 15.4. The third-order valence-electron chi connectivity index (χ3n) is 4.62. The number of ether oxygens (including phenoxy) is 1. The highest BCUT2D eigenvalue weighted by atomic mass is 16.5. The van der Waals surface area contributed by atoms with Crippen molar-refractivity contribution in [1.29, 1.82) is 0 Å². The van der Waals surface area contributed by atoms with Gasteiger partial charge in [0, 0.05) is 17.0 Å². The highest BCUT2D eigenvalue weighted by molar-refractivity contribution is 6.03. The zero-order chi connectivity index (χ0) is 22.7. The number of fused-ring (bicyclic) bond motifs is 1. The quantitative estimate of drug-likeness (QED) is 0.345. The van der Waals surface area contributed by atoms with Crippen LogP contribution in [0.4, 0.5) is 0 Å². The molecule has 0 saturated carbocycles. The van der Waals surface area contributed by atoms with Crippen LogP contribution >= 0.6 is 0 Å². The monoisotopic (exact) mass is 435 g/mol. The smallest absolute Gasteiger partial charge is 0.322 e. The molecule has 1 amide bonds. The van der Waals surface area contributed by atoms with Crippen LogP contribution in [0, 0.1) is 0 Å². The lowest BCUT2D eigenvalue weighted by molar-refractivity contribution is -0.135. The number of nitrogens with zero attached hydrogens (tertiary/aromatic N) is 1. The molecule has 0 bridgehead atoms. The summed E-state index contributed by atoms with van der Waals surface area (Å²) >= 11 is 0. The molecular formula is C22H17N3O7. The van der Waals surface area contributed by atoms with Gasteiger partial charge in [-0.3, -0.25) is 14.4 Å². The number of carbonyl (C=O) groups is 2. The minimum absolute atomic E-state index is 0.215. The van der Waals surface area contributed by atoms with Crippen LogP contribution < -0.4 is 15.6 Å². The molecule has 4 N–H and O–H groups in total. The fourth-order valence-corrected chi connectivity index (χ4v) is 3.08. The lowest BCUT2D eigenvalue weighted by Gasteiger charge is -2.10. The van der Waals surface area contributed by atoms with Crippen molar-refractivity contribution in [2.45, 2.75) is 6.61 Å². The second kappa shape index (κ2) is 8.64. The molecule has 0 fully saturated rings. The number of nitrogens with one attached hydrogen (secondary N) is 2. The van der Waals surface area contributed by atoms with E-state index >= 15 is 0 Å². The van der Waals surface area contributed by atoms with Gasteiger partial charge in [-0.25, -0.2) is 4.98 Å². The number of hydrogen-bond acceptors (Lipinski definition) is 7. The van der Waals surface area contributed by atoms with Crippen LogP contribution in [0.5, 0.6) is 11.5 Å². The van der Waals surface area contributed by atoms with E-state index in [4.69, 9.17) is 14.3 Å². The van der Waals surface area contributed by atoms with Crippen LogP contribution in [0.2, 0.25) is 0 Å². The van der Waals surface area contributed by atoms with E-state index in [2.05, 4.69) is 15.3 Å². The average molecular weight is 435 g/mol. The topological polar surface area (TPSA) is 155 Å². The first-order valence-corrected chi connectivity index (χ1v) is 9.43. The molecule has 2 aromatic carbocycles. The molecule has 4 rings (SSSR count). The van der Waals surface area contributed by atoms with Gasteiger partial charge < -0.3 is 29.7 Å². The number of hydrogen-bond donors (Lipinski definition) is 4. The molecule has 0 spiro atoms. The van der Waals surface area contributed by atoms with Gasteiger partial charge in [-0.1, -0.05) is 12.1 Å². The third kappa shape index (κ3) is 4.29. The molecule has 0 aliphatic heterocycles. The minimum Gasteiger partial charge on any atom is -0.506 e. The van der Waals surface area contributed by atoms with Crippen molar-refractivity contribution in [3.05, 3.63) is 76.4 Å². The largest absolute Gasteiger partial charge is 0.506 e. The van der Waals surface area contributed by atoms with E-state index in [9.17, 15) is 19.5 Å². The Hall–Kier alpha value is -4.60. The summed E-state index contributed by atoms with van der Waals surface area (Å²) in [5, 5.41) is 21.3. The molecular weight excluding hydrogens is 418 g/mol. The molecule has 0 atom stereocenters. The number of oxazole rings is 1. The fraction of sp³-hybridized carbons (Fsp3) is 0.0909. The summed E-state index contributed by atoms with van der Waals surface area (Å²) in [6.45, 7) is -0.426. The molecule has 2 heterocycles. The number of benzene rings is 2. The number of H-pyrrole nitrogens is 1. The number of rotatable bonds is 7. The van der Waals surface area contributed by atoms with Crippen LogP contribution in [0.15, 0.2) is 64.1 Å². The van der Waals surface area contributed by atoms with Gasteiger partial charge in [-0.2, -0.15) is 0 Å². The van der Waals surface area contributed by atoms with E-state index in [-0.39, 0.29) is 17.5 Å². The molecule has 2 aromatic heterocycles. The summed E-state index contributed by atoms with van der Waals surface area (Å²) in [5.41, 5.74) is 0.581. The maximum absolute atomic E-state index is 12.3. The molecule has 10 nitrogen and oxygen atoms in total. The third-order valence-corrected chi connectivity index (χ3v) is 4.62. The van der Waals surface area contributed by atoms with Gasteiger partial charge in [-0.15, -0.1) is 0 Å². The van der Waals surface area contributed by atoms with Crippen molar-refractivity contribution in [3.63, 3.8) is 0 Å². The van der Waals surface area contributed by atoms with Crippen molar-refractivity contribution in [2.75, 3.05) is 6.54 Å². The maximum Gasteiger partial charge on any atom is 0.322 e. The summed E-state index contributed by atoms with van der Waals surface area (Å²) in [6, 6.07) is 12.1. The Bertz CT molecular complexity index is 1340. The zero-order valence-corrected chi connectivity index (χ0v) is 16.5. The Balaban J connectivity index is 1.51. The van der Waals surface area contributed by atoms with Gasteiger partial charge in [0.15, 0.2) is 0 Å². The molecule has 32 heavy (non-hydrogen) atoms. The number of aromatic hydroxyl groups is 1. The lowest BCUT2D eigenvalue weighted by Crippen LogP contribution is -2.33. The van der Waals surface area contributed by atoms with E-state index in [0.717, 1.165) is 11.1 Å². The number of pyridine rings is 1. The molecule has 0 unspecified atom stereocenters. The van der Waals surface area contributed by atoms with Crippen molar-refractivity contribution < 1.29 is 29.0 Å². The number of aliphatic carboxylic acids is 1. The standard InChI is InChI=1S/C22H17N3O7/c26-17(27)10-24-20(29)18-19(28)15-6-5-14(9-16(15)25-21(18)30)32-11-12-1-3-13(4-2-12)22-23-7-8-31-22/h1-9H,10-11H2,(H,24,29)(H,26,27)(H2,25,28,30). The Labute approximate surface area is 180 Å². The first-order valence-electron chi connectivity index (χ1n) is 9.43. The number of carbonyl (C=O) groups excluding carboxylic acids is 1. The predicted molar refractivity (Wildman–Crippen MR) is 112 cm³/mol. The summed E-state index contributed by atoms with van der Waals surface area (Å²) < 4.78 is 11.0. The fourth-order valence-electron chi connectivity index (χ4n) is 3.08. The SMILES string of the molecule is O=C(O)CNC(=O)c1c(O)c2ccc(OCc3ccc(-c4ncco4)cc3)cc2[nH]c1=O. The summed E-state index contributed by atoms with van der Waals surface area (Å²) in [5.74, 6) is -1.84. The van der Waals surface area contributed by atoms with Crippen LogP contribution in [-0.4, -0.2) is 38.6 Å². The normalized spacial score (nSPS) is 10.8. The van der Waals surface area contributed by atoms with Crippen molar-refractivity contribution >= 4 is 22.8 Å². The Morgan fingerprint density at radius 1 is 1.16 bits per heavy atom. The molecule has 4 aromatic rings. The Morgan fingerprint density at radius 3 is 2.62 bits per heavy atom. The van der Waals surface area contributed by atoms with Crippen molar-refractivity contribution in [1.82, 2.24) is 15.3 Å². The van der Waals surface area contributed by atoms with Gasteiger partial charge in [0.05, 0.1) is 11.7 Å². The van der Waals surface area contributed by atoms with Gasteiger partial charge in [0.1, 0.15) is 36.5 Å². The van der Waals surface area contributed by atoms with E-state index in [0.29, 0.717) is 11.6 Å². The van der Waals surface area contributed by atoms with E-state index in [1.807, 2.05) is 24.3 Å². The van der Waals surface area contributed by atoms with E-state index < -0.39 is 35.3 Å². The van der Waals surface area contributed by atoms with Gasteiger partial charge in [0.25, 0.3) is 11.5 Å². The van der Waals surface area contributed by atoms with Crippen LogP contribution in [-0.2, 0) is 11.4 Å². The summed E-state index contributed by atoms with van der Waals surface area (Å²) in [6.07, 6.45) is 3.07. The average Bonchev–Trinajstić information content (AvgIpc) is 3.31. The molecule has 0 aliphatic rings. The summed E-state index contributed by atoms with van der Waals surface area (Å²) in [4.78, 5) is 41.6. The van der Waals surface area contributed by atoms with Crippen LogP contribution in [0.25, 0.3) is 22.4 Å². The number of amides is 1. The molecule has 0 aliphatic carbocycles. The van der Waals surface area contributed by atoms with Gasteiger partial charge >= 0.3 is 5.97 Å². The molecule has 0 radical (unpaired) electrons. The van der Waals surface area contributed by atoms with Crippen molar-refractivity contribution in [2.24, 2.45) is 0 Å². The first kappa shape index (κ1) is 20.7. The number of aromatic nitrogens is 2. The van der Waals surface area contributed by atoms with E-state index in [1.54, 1.807) is 12.3 Å². The zero-order valence-electron chi connectivity index (χ0n) is 16.5. The highest BCUT2D eigenvalue weighted by Gasteiger charge is 2.20. The van der Waals surface area contributed by atoms with Crippen LogP contribution in [0.3, 0.4) is 0 Å². The molecule has 162 valence electrons. The summed E-state index contributed by atoms with van der Waals surface area (Å²) in [7, 11) is 0.